The molecule has 1 radical (unpaired) electrons. The van der Waals surface area contributed by atoms with Crippen LogP contribution in [-0.4, -0.2) is 4.84 Å². The summed E-state index contributed by atoms with van der Waals surface area (Å²) in [6.07, 6.45) is 0. The van der Waals surface area contributed by atoms with Gasteiger partial charge in [-0.25, -0.2) is 4.39 Å². The normalized spacial score (nSPS) is 9.60. The number of rotatable bonds is 1. The molecular weight excluding hydrogens is 114 g/mol. The van der Waals surface area contributed by atoms with Crippen molar-refractivity contribution >= 4 is 23.2 Å². The van der Waals surface area contributed by atoms with Crippen LogP contribution in [0.2, 0.25) is 0 Å². The number of hydrogen-bond donors (Lipinski definition) is 0. The maximum absolute atomic E-state index is 10.7. The average molecular weight is 116 g/mol. The number of hydrogen-bond acceptors (Lipinski definition) is 0. The Hall–Kier alpha value is 0.510. The van der Waals surface area contributed by atoms with Crippen molar-refractivity contribution in [2.45, 2.75) is 4.84 Å². The lowest BCUT2D eigenvalue weighted by Gasteiger charge is -1.80. The molecular formula is C2H2Cl2F. The van der Waals surface area contributed by atoms with Crippen LogP contribution in [0.4, 0.5) is 4.39 Å². The second kappa shape index (κ2) is 2.73. The predicted octanol–water partition coefficient (Wildman–Crippen LogP) is 1.92. The highest BCUT2D eigenvalue weighted by molar-refractivity contribution is 6.45. The Kier molecular flexibility index (Phi) is 3.01. The largest absolute Gasteiger partial charge is 0.241 e. The van der Waals surface area contributed by atoms with Gasteiger partial charge in [0.05, 0.1) is 0 Å². The highest BCUT2D eigenvalue weighted by Gasteiger charge is 1.91. The summed E-state index contributed by atoms with van der Waals surface area (Å²) in [6.45, 7) is 0.198. The molecule has 31 valence electrons. The van der Waals surface area contributed by atoms with Crippen molar-refractivity contribution in [2.24, 2.45) is 0 Å². The van der Waals surface area contributed by atoms with Crippen LogP contribution in [0, 0.1) is 6.67 Å². The van der Waals surface area contributed by atoms with E-state index in [0.717, 1.165) is 0 Å². The molecule has 0 heterocycles. The van der Waals surface area contributed by atoms with Crippen LogP contribution in [0.5, 0.6) is 0 Å². The lowest BCUT2D eigenvalue weighted by molar-refractivity contribution is 0.620. The van der Waals surface area contributed by atoms with Gasteiger partial charge in [0.2, 0.25) is 0 Å². The summed E-state index contributed by atoms with van der Waals surface area (Å²) in [5.41, 5.74) is 0. The molecule has 0 N–H and O–H groups in total. The summed E-state index contributed by atoms with van der Waals surface area (Å²) < 4.78 is 10.7. The molecule has 0 spiro atoms. The molecule has 0 atom stereocenters. The van der Waals surface area contributed by atoms with Crippen LogP contribution in [0.15, 0.2) is 0 Å². The van der Waals surface area contributed by atoms with Crippen molar-refractivity contribution < 1.29 is 4.39 Å². The second-order valence-corrected chi connectivity index (χ2v) is 1.62. The highest BCUT2D eigenvalue weighted by Crippen LogP contribution is 2.04. The summed E-state index contributed by atoms with van der Waals surface area (Å²) in [4.78, 5) is -0.963. The third kappa shape index (κ3) is 4.51. The standard InChI is InChI=1S/C2H2Cl2F/c3-2(4)1-5/h1-2H. The minimum atomic E-state index is -0.963. The van der Waals surface area contributed by atoms with E-state index in [1.165, 1.54) is 0 Å². The van der Waals surface area contributed by atoms with Gasteiger partial charge in [0, 0.05) is 0 Å². The number of alkyl halides is 2. The number of halogens is 3. The SMILES string of the molecule is F[CH]C(Cl)Cl. The lowest BCUT2D eigenvalue weighted by Crippen LogP contribution is -1.75. The Morgan fingerprint density at radius 2 is 1.80 bits per heavy atom. The smallest absolute Gasteiger partial charge is 0.164 e. The molecule has 0 saturated carbocycles. The molecule has 5 heavy (non-hydrogen) atoms. The Morgan fingerprint density at radius 1 is 1.60 bits per heavy atom. The Balaban J connectivity index is 2.54. The van der Waals surface area contributed by atoms with Gasteiger partial charge in [-0.3, -0.25) is 0 Å². The van der Waals surface area contributed by atoms with E-state index in [0.29, 0.717) is 0 Å². The fourth-order valence-corrected chi connectivity index (χ4v) is 0. The van der Waals surface area contributed by atoms with Crippen LogP contribution in [0.25, 0.3) is 0 Å². The van der Waals surface area contributed by atoms with E-state index in [4.69, 9.17) is 23.2 Å². The lowest BCUT2D eigenvalue weighted by atomic mass is 10.9. The van der Waals surface area contributed by atoms with Crippen LogP contribution in [0.1, 0.15) is 0 Å². The van der Waals surface area contributed by atoms with Gasteiger partial charge in [-0.2, -0.15) is 0 Å². The quantitative estimate of drug-likeness (QED) is 0.459. The van der Waals surface area contributed by atoms with Crippen molar-refractivity contribution in [3.05, 3.63) is 6.67 Å². The summed E-state index contributed by atoms with van der Waals surface area (Å²) in [6, 6.07) is 0. The van der Waals surface area contributed by atoms with E-state index in [1.54, 1.807) is 0 Å². The maximum Gasteiger partial charge on any atom is 0.164 e. The van der Waals surface area contributed by atoms with Crippen molar-refractivity contribution in [1.29, 1.82) is 0 Å². The van der Waals surface area contributed by atoms with Gasteiger partial charge in [0.25, 0.3) is 0 Å². The molecule has 0 saturated heterocycles. The fourth-order valence-electron chi connectivity index (χ4n) is 0. The Bertz CT molecular complexity index is 21.6. The fraction of sp³-hybridized carbons (Fsp3) is 0.500. The Morgan fingerprint density at radius 3 is 1.80 bits per heavy atom. The topological polar surface area (TPSA) is 0 Å². The summed E-state index contributed by atoms with van der Waals surface area (Å²) in [7, 11) is 0. The molecule has 0 bridgehead atoms. The van der Waals surface area contributed by atoms with Crippen LogP contribution >= 0.6 is 23.2 Å². The van der Waals surface area contributed by atoms with Gasteiger partial charge >= 0.3 is 0 Å². The summed E-state index contributed by atoms with van der Waals surface area (Å²) in [5, 5.41) is 0. The first-order chi connectivity index (χ1) is 2.27. The van der Waals surface area contributed by atoms with E-state index in [1.807, 2.05) is 0 Å². The van der Waals surface area contributed by atoms with Gasteiger partial charge in [-0.15, -0.1) is 23.2 Å². The van der Waals surface area contributed by atoms with Gasteiger partial charge < -0.3 is 0 Å². The van der Waals surface area contributed by atoms with Gasteiger partial charge in [0.15, 0.2) is 6.67 Å². The van der Waals surface area contributed by atoms with Gasteiger partial charge in [-0.1, -0.05) is 0 Å². The Labute approximate surface area is 39.9 Å². The highest BCUT2D eigenvalue weighted by atomic mass is 35.5. The second-order valence-electron chi connectivity index (χ2n) is 0.460. The molecule has 0 unspecified atom stereocenters. The molecule has 0 rings (SSSR count). The molecule has 0 nitrogen and oxygen atoms in total. The van der Waals surface area contributed by atoms with E-state index in [2.05, 4.69) is 0 Å². The molecule has 0 aromatic rings. The molecule has 0 aliphatic heterocycles. The molecule has 0 aromatic heterocycles. The zero-order valence-electron chi connectivity index (χ0n) is 2.29. The minimum Gasteiger partial charge on any atom is -0.241 e. The third-order valence-electron chi connectivity index (χ3n) is 0.0952. The van der Waals surface area contributed by atoms with Gasteiger partial charge in [0.1, 0.15) is 4.84 Å². The molecule has 3 heteroatoms. The van der Waals surface area contributed by atoms with E-state index >= 15 is 0 Å². The van der Waals surface area contributed by atoms with Crippen LogP contribution in [0.3, 0.4) is 0 Å². The van der Waals surface area contributed by atoms with Crippen LogP contribution in [-0.2, 0) is 0 Å². The first-order valence-electron chi connectivity index (χ1n) is 0.988. The van der Waals surface area contributed by atoms with Crippen LogP contribution < -0.4 is 0 Å². The first kappa shape index (κ1) is 5.51. The molecule has 0 aliphatic carbocycles. The van der Waals surface area contributed by atoms with Crippen molar-refractivity contribution in [3.63, 3.8) is 0 Å². The molecule has 0 fully saturated rings. The molecule has 0 aromatic carbocycles. The first-order valence-corrected chi connectivity index (χ1v) is 1.86. The van der Waals surface area contributed by atoms with Crippen molar-refractivity contribution in [1.82, 2.24) is 0 Å². The summed E-state index contributed by atoms with van der Waals surface area (Å²) in [5.74, 6) is 0. The van der Waals surface area contributed by atoms with Crippen molar-refractivity contribution in [3.8, 4) is 0 Å². The molecule has 0 aliphatic rings. The minimum absolute atomic E-state index is 0.198. The maximum atomic E-state index is 10.7. The average Bonchev–Trinajstić information content (AvgIpc) is 1.38. The predicted molar refractivity (Wildman–Crippen MR) is 20.9 cm³/mol. The summed E-state index contributed by atoms with van der Waals surface area (Å²) >= 11 is 9.59. The van der Waals surface area contributed by atoms with E-state index < -0.39 is 4.84 Å². The zero-order valence-corrected chi connectivity index (χ0v) is 3.80. The monoisotopic (exact) mass is 115 g/mol. The zero-order chi connectivity index (χ0) is 4.28. The van der Waals surface area contributed by atoms with Crippen molar-refractivity contribution in [2.75, 3.05) is 0 Å². The third-order valence-corrected chi connectivity index (χ3v) is 0.286. The van der Waals surface area contributed by atoms with E-state index in [9.17, 15) is 4.39 Å². The van der Waals surface area contributed by atoms with Gasteiger partial charge in [-0.05, 0) is 0 Å². The molecule has 0 amide bonds. The van der Waals surface area contributed by atoms with E-state index in [-0.39, 0.29) is 6.67 Å².